The Kier molecular flexibility index (Phi) is 5.38. The third-order valence-electron chi connectivity index (χ3n) is 1.60. The Hall–Kier alpha value is -0.180. The number of nitrogens with one attached hydrogen (secondary N) is 1. The topological polar surface area (TPSA) is 12.0 Å². The molecule has 1 N–H and O–H groups in total. The summed E-state index contributed by atoms with van der Waals surface area (Å²) in [7, 11) is 0. The highest BCUT2D eigenvalue weighted by molar-refractivity contribution is 9.10. The normalized spacial score (nSPS) is 10.8. The Labute approximate surface area is 102 Å². The molecule has 0 aliphatic carbocycles. The lowest BCUT2D eigenvalue weighted by Crippen LogP contribution is -1.97. The molecule has 1 aromatic carbocycles. The predicted molar refractivity (Wildman–Crippen MR) is 67.5 cm³/mol. The lowest BCUT2D eigenvalue weighted by atomic mass is 10.3. The summed E-state index contributed by atoms with van der Waals surface area (Å²) in [6.07, 6.45) is 3.87. The summed E-state index contributed by atoms with van der Waals surface area (Å²) >= 11 is 14.7. The van der Waals surface area contributed by atoms with E-state index in [0.29, 0.717) is 10.9 Å². The fraction of sp³-hybridized carbons (Fsp3) is 0.200. The largest absolute Gasteiger partial charge is 0.382 e. The number of hydrogen-bond donors (Lipinski definition) is 1. The highest BCUT2D eigenvalue weighted by Gasteiger charge is 1.96. The van der Waals surface area contributed by atoms with E-state index in [4.69, 9.17) is 23.2 Å². The average Bonchev–Trinajstić information content (AvgIpc) is 2.18. The van der Waals surface area contributed by atoms with Gasteiger partial charge < -0.3 is 5.32 Å². The maximum Gasteiger partial charge on any atom is 0.0568 e. The molecule has 1 aromatic rings. The van der Waals surface area contributed by atoms with E-state index in [0.717, 1.165) is 16.7 Å². The van der Waals surface area contributed by atoms with Gasteiger partial charge in [0.25, 0.3) is 0 Å². The van der Waals surface area contributed by atoms with Crippen LogP contribution in [0.15, 0.2) is 34.8 Å². The number of halogens is 3. The molecule has 0 unspecified atom stereocenters. The molecule has 0 atom stereocenters. The van der Waals surface area contributed by atoms with Gasteiger partial charge in [0.2, 0.25) is 0 Å². The molecular weight excluding hydrogens is 285 g/mol. The first-order valence-electron chi connectivity index (χ1n) is 4.14. The van der Waals surface area contributed by atoms with Gasteiger partial charge in [0.1, 0.15) is 0 Å². The standard InChI is InChI=1S/C10H10BrCl2N/c11-9-4-3-8(7-10(9)13)14-6-2-1-5-12/h1-4,7,14H,5-6H2/b2-1+. The number of anilines is 1. The van der Waals surface area contributed by atoms with E-state index in [9.17, 15) is 0 Å². The first-order chi connectivity index (χ1) is 6.74. The minimum Gasteiger partial charge on any atom is -0.382 e. The zero-order chi connectivity index (χ0) is 10.4. The van der Waals surface area contributed by atoms with Crippen molar-refractivity contribution in [3.05, 3.63) is 39.8 Å². The predicted octanol–water partition coefficient (Wildman–Crippen LogP) is 4.31. The summed E-state index contributed by atoms with van der Waals surface area (Å²) in [6.45, 7) is 0.755. The Morgan fingerprint density at radius 2 is 2.14 bits per heavy atom. The van der Waals surface area contributed by atoms with Gasteiger partial charge >= 0.3 is 0 Å². The van der Waals surface area contributed by atoms with Crippen LogP contribution in [0.4, 0.5) is 5.69 Å². The van der Waals surface area contributed by atoms with E-state index in [-0.39, 0.29) is 0 Å². The fourth-order valence-corrected chi connectivity index (χ4v) is 1.48. The van der Waals surface area contributed by atoms with Crippen LogP contribution in [0.2, 0.25) is 5.02 Å². The number of allylic oxidation sites excluding steroid dienone is 1. The summed E-state index contributed by atoms with van der Waals surface area (Å²) in [5.74, 6) is 0.544. The van der Waals surface area contributed by atoms with Crippen LogP contribution in [0, 0.1) is 0 Å². The molecule has 14 heavy (non-hydrogen) atoms. The Morgan fingerprint density at radius 1 is 1.36 bits per heavy atom. The smallest absolute Gasteiger partial charge is 0.0568 e. The highest BCUT2D eigenvalue weighted by Crippen LogP contribution is 2.25. The van der Waals surface area contributed by atoms with Gasteiger partial charge in [-0.3, -0.25) is 0 Å². The van der Waals surface area contributed by atoms with Gasteiger partial charge in [-0.15, -0.1) is 11.6 Å². The maximum absolute atomic E-state index is 5.93. The lowest BCUT2D eigenvalue weighted by Gasteiger charge is -2.04. The van der Waals surface area contributed by atoms with Crippen LogP contribution in [0.3, 0.4) is 0 Å². The molecule has 0 heterocycles. The molecule has 0 aliphatic rings. The Morgan fingerprint density at radius 3 is 2.79 bits per heavy atom. The number of rotatable bonds is 4. The van der Waals surface area contributed by atoms with Gasteiger partial charge in [-0.2, -0.15) is 0 Å². The van der Waals surface area contributed by atoms with Gasteiger partial charge in [-0.25, -0.2) is 0 Å². The molecule has 0 fully saturated rings. The minimum atomic E-state index is 0.544. The fourth-order valence-electron chi connectivity index (χ4n) is 0.929. The van der Waals surface area contributed by atoms with Crippen molar-refractivity contribution >= 4 is 44.8 Å². The summed E-state index contributed by atoms with van der Waals surface area (Å²) in [4.78, 5) is 0. The van der Waals surface area contributed by atoms with Gasteiger partial charge in [-0.1, -0.05) is 23.8 Å². The number of benzene rings is 1. The third-order valence-corrected chi connectivity index (χ3v) is 3.01. The van der Waals surface area contributed by atoms with Crippen molar-refractivity contribution in [1.82, 2.24) is 0 Å². The second-order valence-electron chi connectivity index (χ2n) is 2.64. The SMILES string of the molecule is ClC/C=C/CNc1ccc(Br)c(Cl)c1. The molecule has 0 saturated carbocycles. The average molecular weight is 295 g/mol. The van der Waals surface area contributed by atoms with Crippen molar-refractivity contribution in [3.8, 4) is 0 Å². The van der Waals surface area contributed by atoms with E-state index in [1.165, 1.54) is 0 Å². The van der Waals surface area contributed by atoms with Gasteiger partial charge in [0.05, 0.1) is 5.02 Å². The zero-order valence-corrected chi connectivity index (χ0v) is 10.5. The molecule has 0 amide bonds. The van der Waals surface area contributed by atoms with Crippen LogP contribution in [0.1, 0.15) is 0 Å². The quantitative estimate of drug-likeness (QED) is 0.644. The van der Waals surface area contributed by atoms with E-state index >= 15 is 0 Å². The summed E-state index contributed by atoms with van der Waals surface area (Å²) < 4.78 is 0.904. The van der Waals surface area contributed by atoms with Crippen molar-refractivity contribution in [2.75, 3.05) is 17.7 Å². The Bertz CT molecular complexity index is 326. The summed E-state index contributed by atoms with van der Waals surface area (Å²) in [6, 6.07) is 5.75. The molecule has 0 spiro atoms. The van der Waals surface area contributed by atoms with Crippen molar-refractivity contribution in [2.45, 2.75) is 0 Å². The monoisotopic (exact) mass is 293 g/mol. The molecule has 0 aromatic heterocycles. The maximum atomic E-state index is 5.93. The van der Waals surface area contributed by atoms with Gasteiger partial charge in [0, 0.05) is 22.6 Å². The van der Waals surface area contributed by atoms with Gasteiger partial charge in [0.15, 0.2) is 0 Å². The summed E-state index contributed by atoms with van der Waals surface area (Å²) in [5.41, 5.74) is 0.998. The molecule has 0 saturated heterocycles. The van der Waals surface area contributed by atoms with Crippen molar-refractivity contribution in [3.63, 3.8) is 0 Å². The third kappa shape index (κ3) is 3.91. The lowest BCUT2D eigenvalue weighted by molar-refractivity contribution is 1.32. The molecule has 0 aliphatic heterocycles. The van der Waals surface area contributed by atoms with Gasteiger partial charge in [-0.05, 0) is 34.1 Å². The number of hydrogen-bond acceptors (Lipinski definition) is 1. The van der Waals surface area contributed by atoms with Crippen LogP contribution in [0.25, 0.3) is 0 Å². The highest BCUT2D eigenvalue weighted by atomic mass is 79.9. The molecule has 4 heteroatoms. The second kappa shape index (κ2) is 6.33. The Balaban J connectivity index is 2.51. The zero-order valence-electron chi connectivity index (χ0n) is 7.43. The summed E-state index contributed by atoms with van der Waals surface area (Å²) in [5, 5.41) is 3.90. The van der Waals surface area contributed by atoms with Crippen molar-refractivity contribution < 1.29 is 0 Å². The second-order valence-corrected chi connectivity index (χ2v) is 4.21. The van der Waals surface area contributed by atoms with Crippen molar-refractivity contribution in [1.29, 1.82) is 0 Å². The molecule has 0 bridgehead atoms. The van der Waals surface area contributed by atoms with E-state index in [1.54, 1.807) is 0 Å². The van der Waals surface area contributed by atoms with Crippen LogP contribution < -0.4 is 5.32 Å². The number of alkyl halides is 1. The first kappa shape index (κ1) is 11.9. The van der Waals surface area contributed by atoms with E-state index in [2.05, 4.69) is 21.2 Å². The molecule has 1 rings (SSSR count). The molecule has 76 valence electrons. The van der Waals surface area contributed by atoms with Crippen LogP contribution >= 0.6 is 39.1 Å². The van der Waals surface area contributed by atoms with Crippen LogP contribution in [0.5, 0.6) is 0 Å². The molecule has 1 nitrogen and oxygen atoms in total. The van der Waals surface area contributed by atoms with Crippen LogP contribution in [-0.2, 0) is 0 Å². The van der Waals surface area contributed by atoms with Crippen LogP contribution in [-0.4, -0.2) is 12.4 Å². The molecular formula is C10H10BrCl2N. The van der Waals surface area contributed by atoms with E-state index in [1.807, 2.05) is 30.4 Å². The molecule has 0 radical (unpaired) electrons. The van der Waals surface area contributed by atoms with Crippen molar-refractivity contribution in [2.24, 2.45) is 0 Å². The minimum absolute atomic E-state index is 0.544. The first-order valence-corrected chi connectivity index (χ1v) is 5.84. The van der Waals surface area contributed by atoms with E-state index < -0.39 is 0 Å².